The Morgan fingerprint density at radius 1 is 1.19 bits per heavy atom. The lowest BCUT2D eigenvalue weighted by Gasteiger charge is -2.08. The van der Waals surface area contributed by atoms with Crippen molar-refractivity contribution in [1.82, 2.24) is 9.97 Å². The van der Waals surface area contributed by atoms with Crippen LogP contribution in [0.4, 0.5) is 11.6 Å². The van der Waals surface area contributed by atoms with Crippen molar-refractivity contribution in [3.8, 4) is 11.4 Å². The minimum atomic E-state index is -3.00. The summed E-state index contributed by atoms with van der Waals surface area (Å²) in [5.74, 6) is 1.57. The molecule has 0 saturated heterocycles. The van der Waals surface area contributed by atoms with Crippen molar-refractivity contribution in [3.63, 3.8) is 0 Å². The van der Waals surface area contributed by atoms with Gasteiger partial charge in [-0.3, -0.25) is 0 Å². The van der Waals surface area contributed by atoms with Crippen molar-refractivity contribution in [2.75, 3.05) is 29.1 Å². The number of nitrogen functional groups attached to an aromatic ring is 1. The Labute approximate surface area is 124 Å². The number of rotatable bonds is 6. The quantitative estimate of drug-likeness (QED) is 0.840. The number of hydrogen-bond acceptors (Lipinski definition) is 6. The van der Waals surface area contributed by atoms with Crippen LogP contribution in [0.5, 0.6) is 0 Å². The zero-order valence-electron chi connectivity index (χ0n) is 11.8. The van der Waals surface area contributed by atoms with E-state index in [1.54, 1.807) is 13.0 Å². The minimum Gasteiger partial charge on any atom is -0.384 e. The topological polar surface area (TPSA) is 98.0 Å². The van der Waals surface area contributed by atoms with E-state index >= 15 is 0 Å². The van der Waals surface area contributed by atoms with Gasteiger partial charge >= 0.3 is 0 Å². The van der Waals surface area contributed by atoms with Gasteiger partial charge in [0.15, 0.2) is 15.7 Å². The average molecular weight is 306 g/mol. The van der Waals surface area contributed by atoms with Crippen molar-refractivity contribution in [3.05, 3.63) is 36.4 Å². The third kappa shape index (κ3) is 4.42. The highest BCUT2D eigenvalue weighted by molar-refractivity contribution is 7.91. The van der Waals surface area contributed by atoms with Gasteiger partial charge in [0, 0.05) is 23.9 Å². The highest BCUT2D eigenvalue weighted by Crippen LogP contribution is 2.18. The van der Waals surface area contributed by atoms with E-state index in [9.17, 15) is 8.42 Å². The molecule has 0 spiro atoms. The molecule has 7 heteroatoms. The van der Waals surface area contributed by atoms with Crippen LogP contribution in [0.15, 0.2) is 36.4 Å². The van der Waals surface area contributed by atoms with E-state index in [1.807, 2.05) is 30.3 Å². The number of aromatic nitrogens is 2. The fourth-order valence-electron chi connectivity index (χ4n) is 1.75. The number of nitrogens with two attached hydrogens (primary N) is 1. The molecule has 1 heterocycles. The summed E-state index contributed by atoms with van der Waals surface area (Å²) in [6.45, 7) is 1.92. The summed E-state index contributed by atoms with van der Waals surface area (Å²) in [7, 11) is -3.00. The number of nitrogens with zero attached hydrogens (tertiary/aromatic N) is 2. The molecule has 0 aliphatic rings. The first-order valence-corrected chi connectivity index (χ1v) is 8.46. The molecule has 0 unspecified atom stereocenters. The Hall–Kier alpha value is -2.15. The number of hydrogen-bond donors (Lipinski definition) is 2. The van der Waals surface area contributed by atoms with Gasteiger partial charge in [0.2, 0.25) is 0 Å². The van der Waals surface area contributed by atoms with Gasteiger partial charge in [0.1, 0.15) is 11.6 Å². The van der Waals surface area contributed by atoms with Crippen LogP contribution in [0.25, 0.3) is 11.4 Å². The molecule has 112 valence electrons. The fourth-order valence-corrected chi connectivity index (χ4v) is 2.45. The van der Waals surface area contributed by atoms with Gasteiger partial charge in [-0.15, -0.1) is 0 Å². The van der Waals surface area contributed by atoms with E-state index in [0.717, 1.165) is 5.56 Å². The first kappa shape index (κ1) is 15.2. The normalized spacial score (nSPS) is 11.3. The maximum atomic E-state index is 11.4. The van der Waals surface area contributed by atoms with Gasteiger partial charge in [0.25, 0.3) is 0 Å². The lowest BCUT2D eigenvalue weighted by Crippen LogP contribution is -2.18. The van der Waals surface area contributed by atoms with E-state index in [-0.39, 0.29) is 11.5 Å². The molecular weight excluding hydrogens is 288 g/mol. The van der Waals surface area contributed by atoms with Crippen LogP contribution in [0.1, 0.15) is 6.92 Å². The van der Waals surface area contributed by atoms with Crippen molar-refractivity contribution in [2.24, 2.45) is 0 Å². The monoisotopic (exact) mass is 306 g/mol. The lowest BCUT2D eigenvalue weighted by atomic mass is 10.2. The summed E-state index contributed by atoms with van der Waals surface area (Å²) in [6.07, 6.45) is 0. The second-order valence-electron chi connectivity index (χ2n) is 4.53. The smallest absolute Gasteiger partial charge is 0.163 e. The van der Waals surface area contributed by atoms with E-state index in [0.29, 0.717) is 24.0 Å². The third-order valence-corrected chi connectivity index (χ3v) is 4.64. The lowest BCUT2D eigenvalue weighted by molar-refractivity contribution is 0.597. The van der Waals surface area contributed by atoms with Gasteiger partial charge in [-0.2, -0.15) is 0 Å². The third-order valence-electron chi connectivity index (χ3n) is 2.94. The van der Waals surface area contributed by atoms with Gasteiger partial charge in [-0.05, 0) is 0 Å². The Morgan fingerprint density at radius 3 is 2.57 bits per heavy atom. The predicted octanol–water partition coefficient (Wildman–Crippen LogP) is 1.57. The molecule has 0 aliphatic heterocycles. The van der Waals surface area contributed by atoms with Crippen molar-refractivity contribution in [2.45, 2.75) is 6.92 Å². The SMILES string of the molecule is CCS(=O)(=O)CCNc1cc(N)nc(-c2ccccc2)n1. The Balaban J connectivity index is 2.13. The summed E-state index contributed by atoms with van der Waals surface area (Å²) in [6, 6.07) is 11.1. The predicted molar refractivity (Wildman–Crippen MR) is 84.7 cm³/mol. The largest absolute Gasteiger partial charge is 0.384 e. The zero-order chi connectivity index (χ0) is 15.3. The first-order valence-electron chi connectivity index (χ1n) is 6.64. The molecule has 0 amide bonds. The second kappa shape index (κ2) is 6.53. The molecule has 3 N–H and O–H groups in total. The van der Waals surface area contributed by atoms with Gasteiger partial charge in [0.05, 0.1) is 5.75 Å². The van der Waals surface area contributed by atoms with Crippen LogP contribution < -0.4 is 11.1 Å². The molecule has 21 heavy (non-hydrogen) atoms. The molecule has 6 nitrogen and oxygen atoms in total. The molecule has 0 radical (unpaired) electrons. The van der Waals surface area contributed by atoms with Crippen molar-refractivity contribution < 1.29 is 8.42 Å². The van der Waals surface area contributed by atoms with Crippen molar-refractivity contribution in [1.29, 1.82) is 0 Å². The molecule has 2 aromatic rings. The van der Waals surface area contributed by atoms with Crippen LogP contribution in [-0.2, 0) is 9.84 Å². The maximum Gasteiger partial charge on any atom is 0.163 e. The second-order valence-corrected chi connectivity index (χ2v) is 7.00. The van der Waals surface area contributed by atoms with E-state index in [4.69, 9.17) is 5.73 Å². The Bertz CT molecular complexity index is 702. The van der Waals surface area contributed by atoms with Gasteiger partial charge in [-0.1, -0.05) is 37.3 Å². The number of benzene rings is 1. The molecule has 0 atom stereocenters. The van der Waals surface area contributed by atoms with Crippen LogP contribution >= 0.6 is 0 Å². The zero-order valence-corrected chi connectivity index (χ0v) is 12.6. The Morgan fingerprint density at radius 2 is 1.90 bits per heavy atom. The molecule has 0 fully saturated rings. The Kier molecular flexibility index (Phi) is 4.74. The summed E-state index contributed by atoms with van der Waals surface area (Å²) < 4.78 is 22.9. The van der Waals surface area contributed by atoms with E-state index < -0.39 is 9.84 Å². The summed E-state index contributed by atoms with van der Waals surface area (Å²) in [5, 5.41) is 2.98. The highest BCUT2D eigenvalue weighted by Gasteiger charge is 2.08. The number of nitrogens with one attached hydrogen (secondary N) is 1. The number of anilines is 2. The standard InChI is InChI=1S/C14H18N4O2S/c1-2-21(19,20)9-8-16-13-10-12(15)17-14(18-13)11-6-4-3-5-7-11/h3-7,10H,2,8-9H2,1H3,(H3,15,16,17,18). The number of sulfone groups is 1. The molecule has 2 rings (SSSR count). The van der Waals surface area contributed by atoms with Crippen LogP contribution in [0.3, 0.4) is 0 Å². The highest BCUT2D eigenvalue weighted by atomic mass is 32.2. The van der Waals surface area contributed by atoms with Crippen LogP contribution in [-0.4, -0.2) is 36.4 Å². The molecule has 1 aromatic heterocycles. The average Bonchev–Trinajstić information content (AvgIpc) is 2.47. The molecular formula is C14H18N4O2S. The van der Waals surface area contributed by atoms with Gasteiger partial charge < -0.3 is 11.1 Å². The molecule has 1 aromatic carbocycles. The van der Waals surface area contributed by atoms with Crippen LogP contribution in [0.2, 0.25) is 0 Å². The minimum absolute atomic E-state index is 0.0636. The van der Waals surface area contributed by atoms with Gasteiger partial charge in [-0.25, -0.2) is 18.4 Å². The van der Waals surface area contributed by atoms with Crippen LogP contribution in [0, 0.1) is 0 Å². The summed E-state index contributed by atoms with van der Waals surface area (Å²) in [4.78, 5) is 8.54. The molecule has 0 bridgehead atoms. The van der Waals surface area contributed by atoms with Crippen molar-refractivity contribution >= 4 is 21.5 Å². The summed E-state index contributed by atoms with van der Waals surface area (Å²) >= 11 is 0. The maximum absolute atomic E-state index is 11.4. The molecule has 0 saturated carbocycles. The molecule has 0 aliphatic carbocycles. The first-order chi connectivity index (χ1) is 10.00. The van der Waals surface area contributed by atoms with E-state index in [1.165, 1.54) is 0 Å². The fraction of sp³-hybridized carbons (Fsp3) is 0.286. The summed E-state index contributed by atoms with van der Waals surface area (Å²) in [5.41, 5.74) is 6.63. The van der Waals surface area contributed by atoms with E-state index in [2.05, 4.69) is 15.3 Å².